The second kappa shape index (κ2) is 13.2. The molecule has 2 aromatic carbocycles. The Balaban J connectivity index is 1.48. The van der Waals surface area contributed by atoms with Gasteiger partial charge in [0, 0.05) is 30.1 Å². The van der Waals surface area contributed by atoms with E-state index < -0.39 is 60.2 Å². The maximum atomic E-state index is 13.5. The van der Waals surface area contributed by atoms with Crippen LogP contribution in [0.25, 0.3) is 10.9 Å². The number of fused-ring (bicyclic) bond motifs is 1. The molecular weight excluding hydrogens is 544 g/mol. The monoisotopic (exact) mass is 578 g/mol. The van der Waals surface area contributed by atoms with Crippen molar-refractivity contribution < 1.29 is 34.2 Å². The molecule has 222 valence electrons. The summed E-state index contributed by atoms with van der Waals surface area (Å²) in [5.74, 6) is -4.23. The average molecular weight is 579 g/mol. The zero-order valence-electron chi connectivity index (χ0n) is 22.8. The minimum atomic E-state index is -1.60. The Hall–Kier alpha value is -4.91. The first kappa shape index (κ1) is 30.1. The van der Waals surface area contributed by atoms with E-state index >= 15 is 0 Å². The lowest BCUT2D eigenvalue weighted by Gasteiger charge is -2.28. The number of aromatic hydroxyl groups is 1. The highest BCUT2D eigenvalue weighted by Gasteiger charge is 2.38. The first-order valence-corrected chi connectivity index (χ1v) is 13.5. The van der Waals surface area contributed by atoms with Crippen LogP contribution in [0.4, 0.5) is 0 Å². The van der Waals surface area contributed by atoms with Crippen molar-refractivity contribution in [2.45, 2.75) is 56.3 Å². The first-order chi connectivity index (χ1) is 20.0. The fourth-order valence-electron chi connectivity index (χ4n) is 5.16. The van der Waals surface area contributed by atoms with Crippen molar-refractivity contribution in [2.75, 3.05) is 6.54 Å². The minimum Gasteiger partial charge on any atom is -0.508 e. The number of likely N-dealkylation sites (tertiary alicyclic amines) is 1. The molecule has 13 heteroatoms. The van der Waals surface area contributed by atoms with Gasteiger partial charge in [-0.05, 0) is 48.6 Å². The number of aromatic amines is 1. The number of carbonyl (C=O) groups is 5. The van der Waals surface area contributed by atoms with Gasteiger partial charge in [0.15, 0.2) is 0 Å². The summed E-state index contributed by atoms with van der Waals surface area (Å²) in [6.45, 7) is 0.313. The van der Waals surface area contributed by atoms with Gasteiger partial charge >= 0.3 is 5.97 Å². The van der Waals surface area contributed by atoms with Crippen LogP contribution in [0.15, 0.2) is 54.7 Å². The molecule has 0 radical (unpaired) electrons. The summed E-state index contributed by atoms with van der Waals surface area (Å²) in [6.07, 6.45) is 2.28. The Morgan fingerprint density at radius 1 is 1.00 bits per heavy atom. The van der Waals surface area contributed by atoms with Gasteiger partial charge in [0.05, 0.1) is 12.5 Å². The molecule has 4 rings (SSSR count). The number of nitrogens with one attached hydrogen (secondary N) is 3. The van der Waals surface area contributed by atoms with Crippen molar-refractivity contribution in [3.63, 3.8) is 0 Å². The second-order valence-electron chi connectivity index (χ2n) is 10.4. The zero-order chi connectivity index (χ0) is 30.4. The van der Waals surface area contributed by atoms with Crippen LogP contribution < -0.4 is 22.1 Å². The molecule has 4 amide bonds. The van der Waals surface area contributed by atoms with E-state index in [0.29, 0.717) is 24.9 Å². The number of H-pyrrole nitrogens is 1. The molecule has 3 aromatic rings. The van der Waals surface area contributed by atoms with E-state index in [1.54, 1.807) is 18.3 Å². The molecule has 42 heavy (non-hydrogen) atoms. The van der Waals surface area contributed by atoms with Crippen LogP contribution in [0.1, 0.15) is 30.4 Å². The van der Waals surface area contributed by atoms with Crippen molar-refractivity contribution in [1.29, 1.82) is 0 Å². The molecule has 1 fully saturated rings. The van der Waals surface area contributed by atoms with Gasteiger partial charge < -0.3 is 42.2 Å². The molecule has 0 spiro atoms. The average Bonchev–Trinajstić information content (AvgIpc) is 3.60. The largest absolute Gasteiger partial charge is 0.508 e. The summed E-state index contributed by atoms with van der Waals surface area (Å²) in [5.41, 5.74) is 13.8. The van der Waals surface area contributed by atoms with E-state index in [2.05, 4.69) is 15.6 Å². The van der Waals surface area contributed by atoms with Gasteiger partial charge in [-0.15, -0.1) is 0 Å². The second-order valence-corrected chi connectivity index (χ2v) is 10.4. The van der Waals surface area contributed by atoms with Gasteiger partial charge in [-0.1, -0.05) is 30.3 Å². The Morgan fingerprint density at radius 3 is 2.40 bits per heavy atom. The number of primary amides is 1. The summed E-state index contributed by atoms with van der Waals surface area (Å²) in [7, 11) is 0. The number of hydrogen-bond donors (Lipinski definition) is 7. The number of carbonyl (C=O) groups excluding carboxylic acids is 4. The van der Waals surface area contributed by atoms with Crippen LogP contribution in [0, 0.1) is 0 Å². The van der Waals surface area contributed by atoms with Crippen molar-refractivity contribution in [1.82, 2.24) is 20.5 Å². The van der Waals surface area contributed by atoms with Crippen LogP contribution >= 0.6 is 0 Å². The maximum Gasteiger partial charge on any atom is 0.326 e. The van der Waals surface area contributed by atoms with Gasteiger partial charge in [0.25, 0.3) is 0 Å². The SMILES string of the molecule is NC(=O)CC(NC(=O)C(Cc1ccc(O)cc1)NC(=O)C1CCCN1C(=O)C(N)Cc1c[nH]c2ccccc12)C(=O)O. The molecule has 0 bridgehead atoms. The molecule has 0 saturated carbocycles. The fraction of sp³-hybridized carbons (Fsp3) is 0.345. The van der Waals surface area contributed by atoms with E-state index in [0.717, 1.165) is 16.5 Å². The Kier molecular flexibility index (Phi) is 9.42. The third kappa shape index (κ3) is 7.23. The van der Waals surface area contributed by atoms with E-state index in [-0.39, 0.29) is 18.6 Å². The van der Waals surface area contributed by atoms with Crippen LogP contribution in [0.3, 0.4) is 0 Å². The molecule has 13 nitrogen and oxygen atoms in total. The van der Waals surface area contributed by atoms with Crippen LogP contribution in [0.5, 0.6) is 5.75 Å². The summed E-state index contributed by atoms with van der Waals surface area (Å²) in [4.78, 5) is 67.5. The van der Waals surface area contributed by atoms with E-state index in [9.17, 15) is 34.2 Å². The predicted octanol–water partition coefficient (Wildman–Crippen LogP) is -0.0934. The molecule has 2 heterocycles. The molecule has 0 aliphatic carbocycles. The Bertz CT molecular complexity index is 1470. The number of aliphatic carboxylic acids is 1. The summed E-state index contributed by atoms with van der Waals surface area (Å²) < 4.78 is 0. The number of carboxylic acid groups (broad SMARTS) is 1. The van der Waals surface area contributed by atoms with Gasteiger partial charge in [0.2, 0.25) is 23.6 Å². The highest BCUT2D eigenvalue weighted by Crippen LogP contribution is 2.22. The number of nitrogens with two attached hydrogens (primary N) is 2. The number of para-hydroxylation sites is 1. The molecule has 4 unspecified atom stereocenters. The summed E-state index contributed by atoms with van der Waals surface area (Å²) >= 11 is 0. The number of amides is 4. The zero-order valence-corrected chi connectivity index (χ0v) is 22.8. The van der Waals surface area contributed by atoms with Crippen molar-refractivity contribution in [3.8, 4) is 5.75 Å². The highest BCUT2D eigenvalue weighted by molar-refractivity contribution is 5.95. The maximum absolute atomic E-state index is 13.5. The summed E-state index contributed by atoms with van der Waals surface area (Å²) in [5, 5.41) is 24.9. The smallest absolute Gasteiger partial charge is 0.326 e. The molecule has 1 aliphatic rings. The normalized spacial score (nSPS) is 16.9. The van der Waals surface area contributed by atoms with Crippen molar-refractivity contribution in [3.05, 3.63) is 65.9 Å². The molecule has 4 atom stereocenters. The standard InChI is InChI=1S/C29H34N6O7/c30-20(13-17-15-32-21-5-2-1-4-19(17)21)28(40)35-11-3-6-24(35)27(39)33-22(12-16-7-9-18(36)10-8-16)26(38)34-23(29(41)42)14-25(31)37/h1-2,4-5,7-10,15,20,22-24,32,36H,3,6,11-14,30H2,(H2,31,37)(H,33,39)(H,34,38)(H,41,42). The predicted molar refractivity (Wildman–Crippen MR) is 152 cm³/mol. The lowest BCUT2D eigenvalue weighted by atomic mass is 10.0. The lowest BCUT2D eigenvalue weighted by Crippen LogP contribution is -2.57. The van der Waals surface area contributed by atoms with Crippen LogP contribution in [0.2, 0.25) is 0 Å². The Labute approximate surface area is 241 Å². The number of phenolic OH excluding ortho intramolecular Hbond substituents is 1. The van der Waals surface area contributed by atoms with E-state index in [1.807, 2.05) is 24.3 Å². The number of benzene rings is 2. The molecule has 9 N–H and O–H groups in total. The lowest BCUT2D eigenvalue weighted by molar-refractivity contribution is -0.144. The van der Waals surface area contributed by atoms with Crippen LogP contribution in [-0.2, 0) is 36.8 Å². The number of aromatic nitrogens is 1. The molecule has 1 aromatic heterocycles. The fourth-order valence-corrected chi connectivity index (χ4v) is 5.16. The summed E-state index contributed by atoms with van der Waals surface area (Å²) in [6, 6.07) is 8.92. The van der Waals surface area contributed by atoms with Gasteiger partial charge in [0.1, 0.15) is 23.9 Å². The topological polar surface area (TPSA) is 221 Å². The van der Waals surface area contributed by atoms with Gasteiger partial charge in [-0.2, -0.15) is 0 Å². The third-order valence-electron chi connectivity index (χ3n) is 7.30. The number of hydrogen-bond acceptors (Lipinski definition) is 7. The number of carboxylic acids is 1. The van der Waals surface area contributed by atoms with Gasteiger partial charge in [-0.3, -0.25) is 19.2 Å². The number of rotatable bonds is 12. The van der Waals surface area contributed by atoms with Crippen molar-refractivity contribution in [2.24, 2.45) is 11.5 Å². The molecule has 1 aliphatic heterocycles. The number of nitrogens with zero attached hydrogens (tertiary/aromatic N) is 1. The van der Waals surface area contributed by atoms with Crippen LogP contribution in [-0.4, -0.2) is 80.4 Å². The molecule has 1 saturated heterocycles. The van der Waals surface area contributed by atoms with Gasteiger partial charge in [-0.25, -0.2) is 4.79 Å². The quantitative estimate of drug-likeness (QED) is 0.153. The minimum absolute atomic E-state index is 0.000252. The third-order valence-corrected chi connectivity index (χ3v) is 7.30. The van der Waals surface area contributed by atoms with E-state index in [4.69, 9.17) is 11.5 Å². The van der Waals surface area contributed by atoms with E-state index in [1.165, 1.54) is 17.0 Å². The Morgan fingerprint density at radius 2 is 1.71 bits per heavy atom. The van der Waals surface area contributed by atoms with Crippen molar-refractivity contribution >= 4 is 40.5 Å². The first-order valence-electron chi connectivity index (χ1n) is 13.5. The highest BCUT2D eigenvalue weighted by atomic mass is 16.4. The number of phenols is 1. The molecular formula is C29H34N6O7.